The van der Waals surface area contributed by atoms with E-state index in [0.717, 1.165) is 0 Å². The largest absolute Gasteiger partial charge is 0.284 e. The van der Waals surface area contributed by atoms with Crippen molar-refractivity contribution in [3.8, 4) is 5.69 Å². The molecule has 1 aromatic carbocycles. The van der Waals surface area contributed by atoms with Crippen LogP contribution in [0.5, 0.6) is 0 Å². The molecule has 4 nitrogen and oxygen atoms in total. The predicted octanol–water partition coefficient (Wildman–Crippen LogP) is 4.22. The lowest BCUT2D eigenvalue weighted by Gasteiger charge is -2.25. The lowest BCUT2D eigenvalue weighted by atomic mass is 10.1. The summed E-state index contributed by atoms with van der Waals surface area (Å²) in [4.78, 5) is 13.2. The van der Waals surface area contributed by atoms with Gasteiger partial charge in [0.15, 0.2) is 0 Å². The molecule has 3 rings (SSSR count). The van der Waals surface area contributed by atoms with Crippen molar-refractivity contribution in [2.75, 3.05) is 0 Å². The number of alkyl halides is 2. The summed E-state index contributed by atoms with van der Waals surface area (Å²) in [5.74, 6) is 0.172. The Kier molecular flexibility index (Phi) is 5.53. The third-order valence-corrected chi connectivity index (χ3v) is 7.83. The number of halogens is 3. The summed E-state index contributed by atoms with van der Waals surface area (Å²) in [6.07, 6.45) is 1.47. The van der Waals surface area contributed by atoms with E-state index >= 15 is 0 Å². The van der Waals surface area contributed by atoms with E-state index in [1.165, 1.54) is 16.0 Å². The number of hydrogen-bond acceptors (Lipinski definition) is 2. The van der Waals surface area contributed by atoms with Gasteiger partial charge in [-0.2, -0.15) is 5.10 Å². The maximum Gasteiger partial charge on any atom is 0.284 e. The number of para-hydroxylation sites is 1. The fraction of sp³-hybridized carbons (Fsp3) is 0.368. The van der Waals surface area contributed by atoms with Gasteiger partial charge in [-0.1, -0.05) is 50.6 Å². The van der Waals surface area contributed by atoms with E-state index in [0.29, 0.717) is 16.5 Å². The van der Waals surface area contributed by atoms with E-state index in [1.54, 1.807) is 24.4 Å². The fourth-order valence-corrected chi connectivity index (χ4v) is 5.23. The molecule has 144 valence electrons. The maximum atomic E-state index is 14.0. The lowest BCUT2D eigenvalue weighted by Crippen LogP contribution is -2.32. The molecule has 0 spiro atoms. The van der Waals surface area contributed by atoms with Gasteiger partial charge in [0.05, 0.1) is 10.7 Å². The second-order valence-corrected chi connectivity index (χ2v) is 10.1. The first-order valence-corrected chi connectivity index (χ1v) is 10.9. The summed E-state index contributed by atoms with van der Waals surface area (Å²) >= 11 is 6.17. The Morgan fingerprint density at radius 3 is 2.52 bits per heavy atom. The highest BCUT2D eigenvalue weighted by molar-refractivity contribution is 6.41. The summed E-state index contributed by atoms with van der Waals surface area (Å²) in [7, 11) is -1.71. The standard InChI is InChI=1S/C19H22ClF2N3OSi/c1-4-19(21,22)27-13(3)12(2)17-23-24-11-10-15(20)16(24)18(26)25(17)14-8-6-5-7-9-14/h5-13H,4,27H2,1-3H3. The third-order valence-electron chi connectivity index (χ3n) is 5.08. The van der Waals surface area contributed by atoms with Crippen molar-refractivity contribution in [2.45, 2.75) is 44.2 Å². The highest BCUT2D eigenvalue weighted by Crippen LogP contribution is 2.32. The molecule has 2 heterocycles. The molecular formula is C19H22ClF2N3OSi. The Morgan fingerprint density at radius 2 is 1.89 bits per heavy atom. The van der Waals surface area contributed by atoms with Gasteiger partial charge in [0.25, 0.3) is 5.56 Å². The number of nitrogens with zero attached hydrogens (tertiary/aromatic N) is 3. The van der Waals surface area contributed by atoms with Gasteiger partial charge < -0.3 is 0 Å². The van der Waals surface area contributed by atoms with E-state index in [-0.39, 0.29) is 29.0 Å². The van der Waals surface area contributed by atoms with Gasteiger partial charge >= 0.3 is 0 Å². The molecular weight excluding hydrogens is 388 g/mol. The predicted molar refractivity (Wildman–Crippen MR) is 107 cm³/mol. The zero-order valence-electron chi connectivity index (χ0n) is 15.5. The molecule has 3 aromatic rings. The molecule has 27 heavy (non-hydrogen) atoms. The van der Waals surface area contributed by atoms with Crippen LogP contribution >= 0.6 is 11.6 Å². The number of benzene rings is 1. The van der Waals surface area contributed by atoms with Crippen LogP contribution in [-0.4, -0.2) is 29.2 Å². The van der Waals surface area contributed by atoms with Crippen LogP contribution in [0.1, 0.15) is 38.9 Å². The Hall–Kier alpha value is -1.99. The van der Waals surface area contributed by atoms with E-state index in [2.05, 4.69) is 5.10 Å². The number of rotatable bonds is 6. The molecule has 0 fully saturated rings. The van der Waals surface area contributed by atoms with Crippen LogP contribution in [0.4, 0.5) is 8.78 Å². The smallest absolute Gasteiger partial charge is 0.266 e. The Morgan fingerprint density at radius 1 is 1.22 bits per heavy atom. The van der Waals surface area contributed by atoms with Crippen molar-refractivity contribution < 1.29 is 8.78 Å². The van der Waals surface area contributed by atoms with Crippen molar-refractivity contribution in [2.24, 2.45) is 0 Å². The van der Waals surface area contributed by atoms with Crippen LogP contribution in [0, 0.1) is 0 Å². The van der Waals surface area contributed by atoms with Crippen LogP contribution in [0.2, 0.25) is 10.6 Å². The molecule has 0 aliphatic heterocycles. The second-order valence-electron chi connectivity index (χ2n) is 6.97. The average Bonchev–Trinajstić information content (AvgIpc) is 3.02. The van der Waals surface area contributed by atoms with E-state index in [1.807, 2.05) is 32.0 Å². The molecule has 0 N–H and O–H groups in total. The minimum absolute atomic E-state index is 0.151. The Labute approximate surface area is 163 Å². The van der Waals surface area contributed by atoms with Gasteiger partial charge in [-0.25, -0.2) is 13.3 Å². The molecule has 2 unspecified atom stereocenters. The monoisotopic (exact) mass is 409 g/mol. The van der Waals surface area contributed by atoms with Gasteiger partial charge in [-0.15, -0.1) is 0 Å². The van der Waals surface area contributed by atoms with Crippen LogP contribution in [0.3, 0.4) is 0 Å². The van der Waals surface area contributed by atoms with Gasteiger partial charge in [0.1, 0.15) is 20.9 Å². The summed E-state index contributed by atoms with van der Waals surface area (Å²) in [5, 5.41) is 4.90. The van der Waals surface area contributed by atoms with Crippen LogP contribution in [0.15, 0.2) is 47.4 Å². The lowest BCUT2D eigenvalue weighted by molar-refractivity contribution is 0.0844. The van der Waals surface area contributed by atoms with Gasteiger partial charge in [0.2, 0.25) is 5.55 Å². The first-order chi connectivity index (χ1) is 12.7. The van der Waals surface area contributed by atoms with Gasteiger partial charge in [-0.05, 0) is 23.7 Å². The van der Waals surface area contributed by atoms with Crippen LogP contribution < -0.4 is 5.56 Å². The minimum Gasteiger partial charge on any atom is -0.266 e. The highest BCUT2D eigenvalue weighted by Gasteiger charge is 2.33. The van der Waals surface area contributed by atoms with Gasteiger partial charge in [-0.3, -0.25) is 9.36 Å². The maximum absolute atomic E-state index is 14.0. The van der Waals surface area contributed by atoms with E-state index < -0.39 is 15.1 Å². The number of aromatic nitrogens is 3. The first-order valence-electron chi connectivity index (χ1n) is 8.98. The number of hydrogen-bond donors (Lipinski definition) is 0. The van der Waals surface area contributed by atoms with Crippen LogP contribution in [-0.2, 0) is 0 Å². The van der Waals surface area contributed by atoms with E-state index in [4.69, 9.17) is 11.6 Å². The zero-order valence-corrected chi connectivity index (χ0v) is 17.7. The molecule has 0 bridgehead atoms. The summed E-state index contributed by atoms with van der Waals surface area (Å²) < 4.78 is 30.9. The zero-order chi connectivity index (χ0) is 19.8. The highest BCUT2D eigenvalue weighted by atomic mass is 35.5. The summed E-state index contributed by atoms with van der Waals surface area (Å²) in [5.41, 5.74) is -2.21. The average molecular weight is 410 g/mol. The number of fused-ring (bicyclic) bond motifs is 1. The Balaban J connectivity index is 2.18. The van der Waals surface area contributed by atoms with Crippen molar-refractivity contribution in [1.82, 2.24) is 14.2 Å². The third kappa shape index (κ3) is 3.84. The SMILES string of the molecule is CCC(F)(F)[SiH2]C(C)C(C)c1nn2ccc(Cl)c2c(=O)n1-c1ccccc1. The van der Waals surface area contributed by atoms with Crippen LogP contribution in [0.25, 0.3) is 11.2 Å². The molecule has 0 amide bonds. The molecule has 0 saturated heterocycles. The molecule has 2 aromatic heterocycles. The molecule has 0 saturated carbocycles. The fourth-order valence-electron chi connectivity index (χ4n) is 3.22. The molecule has 0 aliphatic rings. The summed E-state index contributed by atoms with van der Waals surface area (Å²) in [6.45, 7) is 5.20. The topological polar surface area (TPSA) is 39.3 Å². The summed E-state index contributed by atoms with van der Waals surface area (Å²) in [6, 6.07) is 10.7. The Bertz CT molecular complexity index is 1000. The minimum atomic E-state index is -2.60. The molecule has 0 aliphatic carbocycles. The normalized spacial score (nSPS) is 14.9. The second kappa shape index (κ2) is 7.56. The van der Waals surface area contributed by atoms with Crippen molar-refractivity contribution in [3.63, 3.8) is 0 Å². The molecule has 8 heteroatoms. The first kappa shape index (κ1) is 19.8. The quantitative estimate of drug-likeness (QED) is 0.572. The molecule has 2 atom stereocenters. The van der Waals surface area contributed by atoms with Crippen molar-refractivity contribution >= 4 is 26.6 Å². The van der Waals surface area contributed by atoms with Crippen molar-refractivity contribution in [1.29, 1.82) is 0 Å². The molecule has 0 radical (unpaired) electrons. The van der Waals surface area contributed by atoms with E-state index in [9.17, 15) is 13.6 Å². The van der Waals surface area contributed by atoms with Crippen molar-refractivity contribution in [3.05, 3.63) is 63.8 Å². The van der Waals surface area contributed by atoms with Gasteiger partial charge in [0, 0.05) is 18.5 Å².